The van der Waals surface area contributed by atoms with Gasteiger partial charge in [-0.05, 0) is 12.8 Å². The summed E-state index contributed by atoms with van der Waals surface area (Å²) in [5, 5.41) is 0.0189. The number of alkyl halides is 2. The smallest absolute Gasteiger partial charge is 0.147 e. The summed E-state index contributed by atoms with van der Waals surface area (Å²) in [6.45, 7) is 0.761. The monoisotopic (exact) mass is 154 g/mol. The molecule has 1 fully saturated rings. The minimum atomic E-state index is -0.259. The van der Waals surface area contributed by atoms with E-state index < -0.39 is 0 Å². The Labute approximate surface area is 58.9 Å². The van der Waals surface area contributed by atoms with E-state index in [4.69, 9.17) is 27.9 Å². The lowest BCUT2D eigenvalue weighted by Crippen LogP contribution is -2.24. The van der Waals surface area contributed by atoms with Crippen LogP contribution in [0.1, 0.15) is 12.8 Å². The Morgan fingerprint density at radius 2 is 2.12 bits per heavy atom. The van der Waals surface area contributed by atoms with E-state index in [1.165, 1.54) is 0 Å². The second kappa shape index (κ2) is 2.90. The molecule has 0 spiro atoms. The van der Waals surface area contributed by atoms with Crippen molar-refractivity contribution in [2.45, 2.75) is 23.8 Å². The zero-order valence-electron chi connectivity index (χ0n) is 4.44. The van der Waals surface area contributed by atoms with E-state index in [-0.39, 0.29) is 10.9 Å². The van der Waals surface area contributed by atoms with Gasteiger partial charge in [0, 0.05) is 6.61 Å². The second-order valence-electron chi connectivity index (χ2n) is 1.88. The number of hydrogen-bond donors (Lipinski definition) is 0. The zero-order chi connectivity index (χ0) is 5.98. The van der Waals surface area contributed by atoms with Crippen LogP contribution in [0.15, 0.2) is 0 Å². The molecule has 2 atom stereocenters. The van der Waals surface area contributed by atoms with Crippen LogP contribution in [0.4, 0.5) is 0 Å². The first kappa shape index (κ1) is 6.66. The Hall–Kier alpha value is 0.540. The molecule has 0 amide bonds. The highest BCUT2D eigenvalue weighted by Gasteiger charge is 2.20. The minimum Gasteiger partial charge on any atom is -0.361 e. The van der Waals surface area contributed by atoms with E-state index in [0.29, 0.717) is 0 Å². The van der Waals surface area contributed by atoms with Gasteiger partial charge in [0.2, 0.25) is 0 Å². The molecule has 2 unspecified atom stereocenters. The van der Waals surface area contributed by atoms with E-state index in [2.05, 4.69) is 0 Å². The van der Waals surface area contributed by atoms with E-state index in [1.54, 1.807) is 0 Å². The molecule has 0 N–H and O–H groups in total. The summed E-state index contributed by atoms with van der Waals surface area (Å²) in [7, 11) is 0. The fourth-order valence-corrected chi connectivity index (χ4v) is 1.15. The van der Waals surface area contributed by atoms with Crippen molar-refractivity contribution in [1.29, 1.82) is 0 Å². The predicted molar refractivity (Wildman–Crippen MR) is 34.5 cm³/mol. The SMILES string of the molecule is ClC1CCCOC1Cl. The van der Waals surface area contributed by atoms with Gasteiger partial charge in [0.1, 0.15) is 5.56 Å². The predicted octanol–water partition coefficient (Wildman–Crippen LogP) is 1.97. The van der Waals surface area contributed by atoms with E-state index in [1.807, 2.05) is 0 Å². The topological polar surface area (TPSA) is 9.23 Å². The molecule has 8 heavy (non-hydrogen) atoms. The third-order valence-electron chi connectivity index (χ3n) is 1.19. The minimum absolute atomic E-state index is 0.0189. The van der Waals surface area contributed by atoms with Gasteiger partial charge in [0.15, 0.2) is 0 Å². The van der Waals surface area contributed by atoms with Crippen LogP contribution in [0, 0.1) is 0 Å². The summed E-state index contributed by atoms with van der Waals surface area (Å²) in [5.41, 5.74) is -0.259. The van der Waals surface area contributed by atoms with Gasteiger partial charge < -0.3 is 4.74 Å². The van der Waals surface area contributed by atoms with Crippen molar-refractivity contribution in [2.24, 2.45) is 0 Å². The van der Waals surface area contributed by atoms with Crippen LogP contribution in [-0.4, -0.2) is 17.5 Å². The Balaban J connectivity index is 2.28. The highest BCUT2D eigenvalue weighted by Crippen LogP contribution is 2.21. The summed E-state index contributed by atoms with van der Waals surface area (Å²) < 4.78 is 5.02. The van der Waals surface area contributed by atoms with Crippen LogP contribution in [0.3, 0.4) is 0 Å². The van der Waals surface area contributed by atoms with Crippen molar-refractivity contribution in [1.82, 2.24) is 0 Å². The first-order chi connectivity index (χ1) is 3.80. The van der Waals surface area contributed by atoms with Gasteiger partial charge in [-0.3, -0.25) is 0 Å². The molecule has 0 aromatic rings. The molecule has 0 radical (unpaired) electrons. The Kier molecular flexibility index (Phi) is 2.42. The molecule has 0 aromatic heterocycles. The normalized spacial score (nSPS) is 39.8. The van der Waals surface area contributed by atoms with Gasteiger partial charge in [0.05, 0.1) is 5.38 Å². The van der Waals surface area contributed by atoms with Gasteiger partial charge in [-0.15, -0.1) is 11.6 Å². The first-order valence-corrected chi connectivity index (χ1v) is 3.58. The van der Waals surface area contributed by atoms with Crippen molar-refractivity contribution in [3.05, 3.63) is 0 Å². The maximum atomic E-state index is 5.71. The fraction of sp³-hybridized carbons (Fsp3) is 1.00. The lowest BCUT2D eigenvalue weighted by Gasteiger charge is -2.21. The van der Waals surface area contributed by atoms with Crippen LogP contribution >= 0.6 is 23.2 Å². The Morgan fingerprint density at radius 3 is 2.50 bits per heavy atom. The van der Waals surface area contributed by atoms with E-state index in [9.17, 15) is 0 Å². The van der Waals surface area contributed by atoms with Crippen LogP contribution in [0.25, 0.3) is 0 Å². The molecule has 48 valence electrons. The molecule has 1 aliphatic heterocycles. The molecule has 1 saturated heterocycles. The third kappa shape index (κ3) is 1.51. The van der Waals surface area contributed by atoms with Crippen LogP contribution in [0.5, 0.6) is 0 Å². The lowest BCUT2D eigenvalue weighted by atomic mass is 10.2. The molecule has 1 rings (SSSR count). The largest absolute Gasteiger partial charge is 0.361 e. The van der Waals surface area contributed by atoms with Crippen molar-refractivity contribution in [3.63, 3.8) is 0 Å². The molecule has 0 aromatic carbocycles. The lowest BCUT2D eigenvalue weighted by molar-refractivity contribution is 0.0711. The van der Waals surface area contributed by atoms with Gasteiger partial charge in [-0.2, -0.15) is 0 Å². The average Bonchev–Trinajstić information content (AvgIpc) is 1.77. The molecule has 1 nitrogen and oxygen atoms in total. The van der Waals surface area contributed by atoms with Gasteiger partial charge in [-0.1, -0.05) is 11.6 Å². The van der Waals surface area contributed by atoms with Gasteiger partial charge in [0.25, 0.3) is 0 Å². The van der Waals surface area contributed by atoms with Crippen molar-refractivity contribution in [2.75, 3.05) is 6.61 Å². The molecule has 3 heteroatoms. The number of ether oxygens (including phenoxy) is 1. The molecule has 0 aliphatic carbocycles. The Bertz CT molecular complexity index is 66.8. The summed E-state index contributed by atoms with van der Waals surface area (Å²) in [5.74, 6) is 0. The molecule has 1 aliphatic rings. The number of halogens is 2. The zero-order valence-corrected chi connectivity index (χ0v) is 5.95. The third-order valence-corrected chi connectivity index (χ3v) is 2.19. The Morgan fingerprint density at radius 1 is 1.38 bits per heavy atom. The van der Waals surface area contributed by atoms with E-state index >= 15 is 0 Å². The number of rotatable bonds is 0. The second-order valence-corrected chi connectivity index (χ2v) is 2.87. The molecular weight excluding hydrogens is 147 g/mol. The van der Waals surface area contributed by atoms with E-state index in [0.717, 1.165) is 19.4 Å². The maximum absolute atomic E-state index is 5.71. The quantitative estimate of drug-likeness (QED) is 0.486. The van der Waals surface area contributed by atoms with Crippen molar-refractivity contribution in [3.8, 4) is 0 Å². The molecular formula is C5H8Cl2O. The van der Waals surface area contributed by atoms with Crippen LogP contribution in [-0.2, 0) is 4.74 Å². The van der Waals surface area contributed by atoms with Crippen LogP contribution < -0.4 is 0 Å². The summed E-state index contributed by atoms with van der Waals surface area (Å²) in [6, 6.07) is 0. The maximum Gasteiger partial charge on any atom is 0.147 e. The average molecular weight is 155 g/mol. The summed E-state index contributed by atoms with van der Waals surface area (Å²) in [6.07, 6.45) is 2.02. The van der Waals surface area contributed by atoms with Gasteiger partial charge >= 0.3 is 0 Å². The molecule has 0 bridgehead atoms. The highest BCUT2D eigenvalue weighted by atomic mass is 35.5. The first-order valence-electron chi connectivity index (χ1n) is 2.70. The van der Waals surface area contributed by atoms with Gasteiger partial charge in [-0.25, -0.2) is 0 Å². The summed E-state index contributed by atoms with van der Waals surface area (Å²) >= 11 is 11.3. The summed E-state index contributed by atoms with van der Waals surface area (Å²) in [4.78, 5) is 0. The van der Waals surface area contributed by atoms with Crippen molar-refractivity contribution >= 4 is 23.2 Å². The fourth-order valence-electron chi connectivity index (χ4n) is 0.710. The standard InChI is InChI=1S/C5H8Cl2O/c6-4-2-1-3-8-5(4)7/h4-5H,1-3H2. The molecule has 0 saturated carbocycles. The van der Waals surface area contributed by atoms with Crippen molar-refractivity contribution < 1.29 is 4.74 Å². The molecule has 1 heterocycles. The van der Waals surface area contributed by atoms with Crippen LogP contribution in [0.2, 0.25) is 0 Å². The number of hydrogen-bond acceptors (Lipinski definition) is 1. The highest BCUT2D eigenvalue weighted by molar-refractivity contribution is 6.29.